The minimum atomic E-state index is -0.348. The number of allylic oxidation sites excluding steroid dienone is 2. The Morgan fingerprint density at radius 3 is 2.69 bits per heavy atom. The van der Waals surface area contributed by atoms with Gasteiger partial charge in [-0.15, -0.1) is 0 Å². The summed E-state index contributed by atoms with van der Waals surface area (Å²) in [5, 5.41) is 7.82. The van der Waals surface area contributed by atoms with E-state index >= 15 is 0 Å². The van der Waals surface area contributed by atoms with Crippen LogP contribution in [0, 0.1) is 5.92 Å². The fourth-order valence-electron chi connectivity index (χ4n) is 3.86. The van der Waals surface area contributed by atoms with E-state index in [2.05, 4.69) is 46.2 Å². The van der Waals surface area contributed by atoms with Crippen LogP contribution in [0.2, 0.25) is 0 Å². The third-order valence-corrected chi connectivity index (χ3v) is 5.91. The van der Waals surface area contributed by atoms with Crippen molar-refractivity contribution in [2.75, 3.05) is 12.4 Å². The highest BCUT2D eigenvalue weighted by molar-refractivity contribution is 5.89. The Labute approximate surface area is 208 Å². The predicted molar refractivity (Wildman–Crippen MR) is 139 cm³/mol. The van der Waals surface area contributed by atoms with Gasteiger partial charge in [0.2, 0.25) is 0 Å². The van der Waals surface area contributed by atoms with Gasteiger partial charge in [0.05, 0.1) is 36.4 Å². The lowest BCUT2D eigenvalue weighted by Gasteiger charge is -2.20. The van der Waals surface area contributed by atoms with Gasteiger partial charge in [-0.1, -0.05) is 26.0 Å². The fraction of sp³-hybridized carbons (Fsp3) is 0.185. The number of pyridine rings is 2. The van der Waals surface area contributed by atoms with Crippen molar-refractivity contribution in [1.29, 1.82) is 0 Å². The van der Waals surface area contributed by atoms with Crippen molar-refractivity contribution in [3.05, 3.63) is 95.9 Å². The average molecular weight is 482 g/mol. The summed E-state index contributed by atoms with van der Waals surface area (Å²) in [6.45, 7) is 4.88. The van der Waals surface area contributed by atoms with Crippen molar-refractivity contribution in [2.24, 2.45) is 5.92 Å². The van der Waals surface area contributed by atoms with E-state index in [9.17, 15) is 4.79 Å². The first kappa shape index (κ1) is 23.1. The Morgan fingerprint density at radius 2 is 1.92 bits per heavy atom. The summed E-state index contributed by atoms with van der Waals surface area (Å²) in [6, 6.07) is 13.2. The molecule has 0 atom stereocenters. The van der Waals surface area contributed by atoms with Gasteiger partial charge in [0.1, 0.15) is 11.6 Å². The number of esters is 1. The molecule has 0 fully saturated rings. The molecular formula is C27H27N7O2. The van der Waals surface area contributed by atoms with E-state index in [1.54, 1.807) is 12.1 Å². The van der Waals surface area contributed by atoms with Crippen molar-refractivity contribution >= 4 is 22.8 Å². The van der Waals surface area contributed by atoms with Crippen molar-refractivity contribution < 1.29 is 9.53 Å². The van der Waals surface area contributed by atoms with Crippen LogP contribution in [0.4, 0.5) is 5.82 Å². The van der Waals surface area contributed by atoms with Gasteiger partial charge < -0.3 is 15.5 Å². The summed E-state index contributed by atoms with van der Waals surface area (Å²) < 4.78 is 6.61. The van der Waals surface area contributed by atoms with E-state index < -0.39 is 0 Å². The first-order chi connectivity index (χ1) is 17.5. The minimum Gasteiger partial charge on any atom is -0.465 e. The van der Waals surface area contributed by atoms with Gasteiger partial charge in [-0.25, -0.2) is 9.78 Å². The van der Waals surface area contributed by atoms with E-state index in [1.165, 1.54) is 12.7 Å². The number of nitrogens with zero attached hydrogens (tertiary/aromatic N) is 4. The molecule has 0 saturated heterocycles. The molecule has 9 nitrogen and oxygen atoms in total. The van der Waals surface area contributed by atoms with Crippen LogP contribution in [0.3, 0.4) is 0 Å². The normalized spacial score (nSPS) is 13.0. The Balaban J connectivity index is 1.33. The molecule has 1 aliphatic rings. The maximum atomic E-state index is 11.6. The molecule has 0 spiro atoms. The van der Waals surface area contributed by atoms with E-state index in [-0.39, 0.29) is 5.97 Å². The molecule has 4 aromatic rings. The Kier molecular flexibility index (Phi) is 6.36. The number of carbonyl (C=O) groups is 1. The van der Waals surface area contributed by atoms with Gasteiger partial charge in [-0.05, 0) is 53.5 Å². The zero-order valence-electron chi connectivity index (χ0n) is 20.3. The summed E-state index contributed by atoms with van der Waals surface area (Å²) in [6.07, 6.45) is 9.65. The van der Waals surface area contributed by atoms with Gasteiger partial charge in [-0.2, -0.15) is 5.10 Å². The second-order valence-corrected chi connectivity index (χ2v) is 8.83. The molecule has 0 amide bonds. The Morgan fingerprint density at radius 1 is 1.08 bits per heavy atom. The first-order valence-corrected chi connectivity index (χ1v) is 11.7. The van der Waals surface area contributed by atoms with Crippen LogP contribution < -0.4 is 16.2 Å². The topological polar surface area (TPSA) is 106 Å². The van der Waals surface area contributed by atoms with E-state index in [1.807, 2.05) is 59.8 Å². The molecule has 0 unspecified atom stereocenters. The van der Waals surface area contributed by atoms with Crippen LogP contribution in [0.15, 0.2) is 84.7 Å². The summed E-state index contributed by atoms with van der Waals surface area (Å²) >= 11 is 0. The molecule has 1 aromatic carbocycles. The number of nitrogens with one attached hydrogen (secondary N) is 3. The summed E-state index contributed by atoms with van der Waals surface area (Å²) in [4.78, 5) is 21.0. The van der Waals surface area contributed by atoms with Gasteiger partial charge in [0.25, 0.3) is 0 Å². The van der Waals surface area contributed by atoms with Crippen molar-refractivity contribution in [3.63, 3.8) is 0 Å². The number of hydrogen-bond acceptors (Lipinski definition) is 8. The summed E-state index contributed by atoms with van der Waals surface area (Å²) in [7, 11) is 1.37. The SMILES string of the molecule is COC(=O)c1ccc(Cn2cc(-c3cnc4ccc(NC5=CC(C(C)C)=CNN5)nc4c3)cn2)cc1. The number of aromatic nitrogens is 4. The third-order valence-electron chi connectivity index (χ3n) is 5.91. The predicted octanol–water partition coefficient (Wildman–Crippen LogP) is 4.23. The van der Waals surface area contributed by atoms with Crippen LogP contribution in [0.25, 0.3) is 22.2 Å². The van der Waals surface area contributed by atoms with Crippen molar-refractivity contribution in [2.45, 2.75) is 20.4 Å². The van der Waals surface area contributed by atoms with Gasteiger partial charge in [0.15, 0.2) is 0 Å². The molecular weight excluding hydrogens is 454 g/mol. The maximum Gasteiger partial charge on any atom is 0.337 e. The van der Waals surface area contributed by atoms with Crippen molar-refractivity contribution in [1.82, 2.24) is 30.6 Å². The van der Waals surface area contributed by atoms with Gasteiger partial charge in [-0.3, -0.25) is 15.1 Å². The van der Waals surface area contributed by atoms with Crippen LogP contribution in [-0.4, -0.2) is 32.8 Å². The third kappa shape index (κ3) is 5.05. The molecule has 182 valence electrons. The molecule has 9 heteroatoms. The van der Waals surface area contributed by atoms with Crippen LogP contribution in [0.1, 0.15) is 29.8 Å². The smallest absolute Gasteiger partial charge is 0.337 e. The molecule has 0 bridgehead atoms. The lowest BCUT2D eigenvalue weighted by Crippen LogP contribution is -2.33. The highest BCUT2D eigenvalue weighted by Gasteiger charge is 2.11. The zero-order chi connectivity index (χ0) is 25.1. The number of benzene rings is 1. The number of rotatable bonds is 7. The maximum absolute atomic E-state index is 11.6. The monoisotopic (exact) mass is 481 g/mol. The summed E-state index contributed by atoms with van der Waals surface area (Å²) in [5.74, 6) is 1.61. The molecule has 5 rings (SSSR count). The van der Waals surface area contributed by atoms with Crippen LogP contribution >= 0.6 is 0 Å². The second kappa shape index (κ2) is 9.91. The molecule has 4 heterocycles. The molecule has 3 aromatic heterocycles. The number of hydrogen-bond donors (Lipinski definition) is 3. The molecule has 3 N–H and O–H groups in total. The van der Waals surface area contributed by atoms with Crippen molar-refractivity contribution in [3.8, 4) is 11.1 Å². The second-order valence-electron chi connectivity index (χ2n) is 8.83. The summed E-state index contributed by atoms with van der Waals surface area (Å²) in [5.41, 5.74) is 12.4. The molecule has 0 saturated carbocycles. The quantitative estimate of drug-likeness (QED) is 0.337. The first-order valence-electron chi connectivity index (χ1n) is 11.7. The largest absolute Gasteiger partial charge is 0.465 e. The lowest BCUT2D eigenvalue weighted by atomic mass is 10.0. The molecule has 0 radical (unpaired) electrons. The highest BCUT2D eigenvalue weighted by Crippen LogP contribution is 2.23. The van der Waals surface area contributed by atoms with Gasteiger partial charge in [0, 0.05) is 29.7 Å². The number of anilines is 1. The Bertz CT molecular complexity index is 1470. The number of fused-ring (bicyclic) bond motifs is 1. The molecule has 1 aliphatic heterocycles. The molecule has 0 aliphatic carbocycles. The minimum absolute atomic E-state index is 0.348. The highest BCUT2D eigenvalue weighted by atomic mass is 16.5. The number of methoxy groups -OCH3 is 1. The lowest BCUT2D eigenvalue weighted by molar-refractivity contribution is 0.0600. The Hall–Kier alpha value is -4.66. The number of carbonyl (C=O) groups excluding carboxylic acids is 1. The van der Waals surface area contributed by atoms with E-state index in [0.29, 0.717) is 18.0 Å². The number of hydrazine groups is 1. The van der Waals surface area contributed by atoms with E-state index in [4.69, 9.17) is 9.72 Å². The van der Waals surface area contributed by atoms with Crippen LogP contribution in [0.5, 0.6) is 0 Å². The molecule has 36 heavy (non-hydrogen) atoms. The number of ether oxygens (including phenoxy) is 1. The standard InChI is InChI=1S/C27H27N7O2/c1-17(2)20-11-26(33-29-13-20)32-25-9-8-23-24(31-25)10-21(12-28-23)22-14-30-34(16-22)15-18-4-6-19(7-5-18)27(35)36-3/h4-14,16-17,29,33H,15H2,1-3H3,(H,31,32). The fourth-order valence-corrected chi connectivity index (χ4v) is 3.86. The van der Waals surface area contributed by atoms with Gasteiger partial charge >= 0.3 is 5.97 Å². The van der Waals surface area contributed by atoms with E-state index in [0.717, 1.165) is 39.4 Å². The van der Waals surface area contributed by atoms with Crippen LogP contribution in [-0.2, 0) is 11.3 Å². The average Bonchev–Trinajstić information content (AvgIpc) is 3.37. The zero-order valence-corrected chi connectivity index (χ0v) is 20.3.